The van der Waals surface area contributed by atoms with Crippen molar-refractivity contribution in [2.75, 3.05) is 18.7 Å². The van der Waals surface area contributed by atoms with Gasteiger partial charge < -0.3 is 14.5 Å². The lowest BCUT2D eigenvalue weighted by atomic mass is 10.1. The van der Waals surface area contributed by atoms with Gasteiger partial charge in [0.2, 0.25) is 0 Å². The molecule has 29 heavy (non-hydrogen) atoms. The summed E-state index contributed by atoms with van der Waals surface area (Å²) in [4.78, 5) is 12.6. The highest BCUT2D eigenvalue weighted by Gasteiger charge is 2.30. The maximum atomic E-state index is 12.6. The van der Waals surface area contributed by atoms with Crippen LogP contribution >= 0.6 is 11.8 Å². The molecule has 0 saturated heterocycles. The fourth-order valence-corrected chi connectivity index (χ4v) is 3.92. The molecule has 1 saturated carbocycles. The first-order valence-corrected chi connectivity index (χ1v) is 11.2. The Hall–Kier alpha value is -2.66. The maximum Gasteiger partial charge on any atom is 0.188 e. The molecule has 0 atom stereocenters. The highest BCUT2D eigenvalue weighted by molar-refractivity contribution is 7.97. The Kier molecular flexibility index (Phi) is 5.95. The van der Waals surface area contributed by atoms with Crippen molar-refractivity contribution in [1.29, 1.82) is 0 Å². The largest absolute Gasteiger partial charge is 0.497 e. The molecule has 2 aromatic carbocycles. The first-order chi connectivity index (χ1) is 14.2. The quantitative estimate of drug-likeness (QED) is 0.521. The number of anilines is 1. The monoisotopic (exact) mass is 407 g/mol. The van der Waals surface area contributed by atoms with E-state index in [2.05, 4.69) is 41.7 Å². The van der Waals surface area contributed by atoms with E-state index in [1.807, 2.05) is 18.4 Å². The van der Waals surface area contributed by atoms with Gasteiger partial charge in [-0.05, 0) is 60.4 Å². The van der Waals surface area contributed by atoms with Crippen LogP contribution in [0.2, 0.25) is 0 Å². The van der Waals surface area contributed by atoms with Crippen molar-refractivity contribution >= 4 is 17.4 Å². The van der Waals surface area contributed by atoms with Gasteiger partial charge in [-0.3, -0.25) is 4.79 Å². The fourth-order valence-electron chi connectivity index (χ4n) is 3.50. The predicted molar refractivity (Wildman–Crippen MR) is 120 cm³/mol. The molecule has 1 aliphatic rings. The molecule has 0 spiro atoms. The van der Waals surface area contributed by atoms with Gasteiger partial charge in [0.15, 0.2) is 5.43 Å². The van der Waals surface area contributed by atoms with Crippen LogP contribution in [0, 0.1) is 0 Å². The molecule has 0 unspecified atom stereocenters. The number of benzene rings is 2. The summed E-state index contributed by atoms with van der Waals surface area (Å²) in [5.41, 5.74) is 4.27. The molecule has 1 aliphatic carbocycles. The van der Waals surface area contributed by atoms with E-state index in [1.165, 1.54) is 0 Å². The lowest BCUT2D eigenvalue weighted by molar-refractivity contribution is 0.415. The first kappa shape index (κ1) is 19.6. The van der Waals surface area contributed by atoms with Crippen molar-refractivity contribution in [3.63, 3.8) is 0 Å². The third-order valence-corrected chi connectivity index (χ3v) is 5.72. The summed E-state index contributed by atoms with van der Waals surface area (Å²) < 4.78 is 11.3. The molecule has 0 bridgehead atoms. The number of ether oxygens (including phenoxy) is 1. The molecule has 4 rings (SSSR count). The highest BCUT2D eigenvalue weighted by atomic mass is 32.2. The maximum absolute atomic E-state index is 12.6. The summed E-state index contributed by atoms with van der Waals surface area (Å²) >= 11 is 1.66. The van der Waals surface area contributed by atoms with Gasteiger partial charge in [-0.15, -0.1) is 0 Å². The van der Waals surface area contributed by atoms with Crippen molar-refractivity contribution in [1.82, 2.24) is 0 Å². The van der Waals surface area contributed by atoms with E-state index >= 15 is 0 Å². The van der Waals surface area contributed by atoms with Crippen molar-refractivity contribution in [3.05, 3.63) is 81.9 Å². The molecule has 0 amide bonds. The van der Waals surface area contributed by atoms with Crippen molar-refractivity contribution < 1.29 is 9.15 Å². The van der Waals surface area contributed by atoms with Gasteiger partial charge >= 0.3 is 0 Å². The van der Waals surface area contributed by atoms with E-state index < -0.39 is 0 Å². The smallest absolute Gasteiger partial charge is 0.188 e. The van der Waals surface area contributed by atoms with Crippen LogP contribution in [0.1, 0.15) is 35.8 Å². The highest BCUT2D eigenvalue weighted by Crippen LogP contribution is 2.40. The Morgan fingerprint density at radius 3 is 2.31 bits per heavy atom. The zero-order valence-corrected chi connectivity index (χ0v) is 17.6. The normalized spacial score (nSPS) is 13.3. The molecule has 1 N–H and O–H groups in total. The molecule has 0 aliphatic heterocycles. The standard InChI is InChI=1S/C24H25NO3S/c1-27-20-11-7-17(8-12-20)16-5-9-19(10-6-16)25-14-23-24(18-3-4-18)22(26)13-21(28-23)15-29-2/h5-13,18,25H,3-4,14-15H2,1-2H3. The van der Waals surface area contributed by atoms with Gasteiger partial charge in [-0.1, -0.05) is 24.3 Å². The summed E-state index contributed by atoms with van der Waals surface area (Å²) in [6, 6.07) is 18.0. The topological polar surface area (TPSA) is 51.5 Å². The Balaban J connectivity index is 1.49. The van der Waals surface area contributed by atoms with E-state index in [0.717, 1.165) is 52.5 Å². The van der Waals surface area contributed by atoms with Crippen LogP contribution in [0.15, 0.2) is 63.8 Å². The molecule has 0 radical (unpaired) electrons. The minimum absolute atomic E-state index is 0.120. The average Bonchev–Trinajstić information content (AvgIpc) is 3.58. The Labute approximate surface area is 175 Å². The molecule has 5 heteroatoms. The number of thioether (sulfide) groups is 1. The molecule has 1 heterocycles. The van der Waals surface area contributed by atoms with Gasteiger partial charge in [0.1, 0.15) is 17.3 Å². The zero-order chi connectivity index (χ0) is 20.2. The Bertz CT molecular complexity index is 1020. The van der Waals surface area contributed by atoms with Crippen LogP contribution in [0.5, 0.6) is 5.75 Å². The van der Waals surface area contributed by atoms with Gasteiger partial charge in [0, 0.05) is 17.3 Å². The molecule has 150 valence electrons. The Morgan fingerprint density at radius 1 is 1.07 bits per heavy atom. The minimum Gasteiger partial charge on any atom is -0.497 e. The number of methoxy groups -OCH3 is 1. The summed E-state index contributed by atoms with van der Waals surface area (Å²) in [6.07, 6.45) is 4.17. The lowest BCUT2D eigenvalue weighted by Gasteiger charge is -2.12. The second-order valence-corrected chi connectivity index (χ2v) is 8.15. The molecule has 3 aromatic rings. The third kappa shape index (κ3) is 4.67. The number of nitrogens with one attached hydrogen (secondary N) is 1. The van der Waals surface area contributed by atoms with Crippen LogP contribution in [0.25, 0.3) is 11.1 Å². The lowest BCUT2D eigenvalue weighted by Crippen LogP contribution is -2.14. The summed E-state index contributed by atoms with van der Waals surface area (Å²) in [7, 11) is 1.67. The number of rotatable bonds is 8. The van der Waals surface area contributed by atoms with Crippen LogP contribution in [-0.4, -0.2) is 13.4 Å². The van der Waals surface area contributed by atoms with Crippen molar-refractivity contribution in [2.45, 2.75) is 31.1 Å². The van der Waals surface area contributed by atoms with E-state index in [4.69, 9.17) is 9.15 Å². The molecule has 1 fully saturated rings. The van der Waals surface area contributed by atoms with E-state index in [-0.39, 0.29) is 5.43 Å². The minimum atomic E-state index is 0.120. The van der Waals surface area contributed by atoms with Gasteiger partial charge in [0.05, 0.1) is 19.4 Å². The summed E-state index contributed by atoms with van der Waals surface area (Å²) in [5, 5.41) is 3.42. The third-order valence-electron chi connectivity index (χ3n) is 5.15. The molecule has 4 nitrogen and oxygen atoms in total. The van der Waals surface area contributed by atoms with Crippen LogP contribution < -0.4 is 15.5 Å². The second kappa shape index (κ2) is 8.78. The SMILES string of the molecule is COc1ccc(-c2ccc(NCc3oc(CSC)cc(=O)c3C3CC3)cc2)cc1. The number of hydrogen-bond acceptors (Lipinski definition) is 5. The number of hydrogen-bond donors (Lipinski definition) is 1. The summed E-state index contributed by atoms with van der Waals surface area (Å²) in [6.45, 7) is 0.519. The fraction of sp³-hybridized carbons (Fsp3) is 0.292. The van der Waals surface area contributed by atoms with E-state index in [0.29, 0.717) is 18.2 Å². The second-order valence-electron chi connectivity index (χ2n) is 7.28. The van der Waals surface area contributed by atoms with Crippen molar-refractivity contribution in [3.8, 4) is 16.9 Å². The average molecular weight is 408 g/mol. The van der Waals surface area contributed by atoms with Gasteiger partial charge in [-0.2, -0.15) is 11.8 Å². The van der Waals surface area contributed by atoms with Crippen molar-refractivity contribution in [2.24, 2.45) is 0 Å². The predicted octanol–water partition coefficient (Wildman–Crippen LogP) is 5.67. The Morgan fingerprint density at radius 2 is 1.72 bits per heavy atom. The van der Waals surface area contributed by atoms with Crippen LogP contribution in [-0.2, 0) is 12.3 Å². The van der Waals surface area contributed by atoms with Gasteiger partial charge in [0.25, 0.3) is 0 Å². The van der Waals surface area contributed by atoms with Gasteiger partial charge in [-0.25, -0.2) is 0 Å². The molecular weight excluding hydrogens is 382 g/mol. The first-order valence-electron chi connectivity index (χ1n) is 9.81. The molecular formula is C24H25NO3S. The van der Waals surface area contributed by atoms with Crippen LogP contribution in [0.4, 0.5) is 5.69 Å². The molecule has 1 aromatic heterocycles. The summed E-state index contributed by atoms with van der Waals surface area (Å²) in [5.74, 6) is 3.46. The van der Waals surface area contributed by atoms with E-state index in [9.17, 15) is 4.79 Å². The van der Waals surface area contributed by atoms with E-state index in [1.54, 1.807) is 24.9 Å². The van der Waals surface area contributed by atoms with Crippen LogP contribution in [0.3, 0.4) is 0 Å². The zero-order valence-electron chi connectivity index (χ0n) is 16.7.